The Morgan fingerprint density at radius 1 is 1.05 bits per heavy atom. The topological polar surface area (TPSA) is 179 Å². The highest BCUT2D eigenvalue weighted by Gasteiger charge is 2.54. The van der Waals surface area contributed by atoms with Crippen LogP contribution >= 0.6 is 46.5 Å². The van der Waals surface area contributed by atoms with Crippen LogP contribution in [0.4, 0.5) is 9.93 Å². The zero-order chi connectivity index (χ0) is 42.6. The molecule has 3 amide bonds. The standard InChI is InChI=1S/C42H44ClN7O7S3/c1-42(2,3)57-41(54)49-21-19-26(22-49)58-23-27-29(16-11-20-45-27)59-30-18-17-28-31(46-37(51)33(48-55-4)32-36(43)60-40(44)47-32)38(52)50(28)34(30)39(53)56-35(24-12-7-5-8-13-24)25-14-9-6-10-15-25/h5-16,20,26,28,31,35H,17-19,21-23H2,1-4H3,(H2,44,47)(H,46,51)/t26?,28-,31+/m1/s1. The maximum atomic E-state index is 14.7. The van der Waals surface area contributed by atoms with Crippen LogP contribution in [0.2, 0.25) is 4.34 Å². The summed E-state index contributed by atoms with van der Waals surface area (Å²) in [5, 5.41) is 6.93. The number of carbonyl (C=O) groups is 4. The lowest BCUT2D eigenvalue weighted by molar-refractivity contribution is -0.158. The summed E-state index contributed by atoms with van der Waals surface area (Å²) in [5.41, 5.74) is 7.48. The molecule has 3 aliphatic rings. The fourth-order valence-corrected chi connectivity index (χ4v) is 10.5. The third-order valence-corrected chi connectivity index (χ3v) is 13.5. The number of β-lactam (4-membered cyclic amide) rings is 1. The summed E-state index contributed by atoms with van der Waals surface area (Å²) in [7, 11) is 1.27. The largest absolute Gasteiger partial charge is 0.448 e. The second-order valence-electron chi connectivity index (χ2n) is 15.1. The molecule has 0 radical (unpaired) electrons. The number of allylic oxidation sites excluding steroid dienone is 1. The van der Waals surface area contributed by atoms with Gasteiger partial charge in [-0.2, -0.15) is 11.8 Å². The number of nitrogens with one attached hydrogen (secondary N) is 1. The van der Waals surface area contributed by atoms with E-state index in [-0.39, 0.29) is 37.9 Å². The Morgan fingerprint density at radius 3 is 2.38 bits per heavy atom. The molecule has 3 aliphatic heterocycles. The van der Waals surface area contributed by atoms with E-state index in [9.17, 15) is 19.2 Å². The van der Waals surface area contributed by atoms with Gasteiger partial charge in [0.1, 0.15) is 34.5 Å². The highest BCUT2D eigenvalue weighted by Crippen LogP contribution is 2.45. The summed E-state index contributed by atoms with van der Waals surface area (Å²) >= 11 is 10.4. The van der Waals surface area contributed by atoms with E-state index in [1.807, 2.05) is 93.6 Å². The molecule has 3 atom stereocenters. The molecule has 2 saturated heterocycles. The van der Waals surface area contributed by atoms with Crippen LogP contribution in [-0.4, -0.2) is 92.5 Å². The number of hydrogen-bond acceptors (Lipinski definition) is 14. The molecule has 5 heterocycles. The average molecular weight is 891 g/mol. The Labute approximate surface area is 365 Å². The van der Waals surface area contributed by atoms with Gasteiger partial charge in [0.25, 0.3) is 11.8 Å². The van der Waals surface area contributed by atoms with Crippen molar-refractivity contribution in [1.82, 2.24) is 25.1 Å². The highest BCUT2D eigenvalue weighted by molar-refractivity contribution is 8.03. The molecule has 14 nitrogen and oxygen atoms in total. The van der Waals surface area contributed by atoms with Crippen molar-refractivity contribution >= 4 is 81.2 Å². The van der Waals surface area contributed by atoms with E-state index in [1.165, 1.54) is 23.8 Å². The van der Waals surface area contributed by atoms with Crippen LogP contribution in [0, 0.1) is 0 Å². The molecule has 60 heavy (non-hydrogen) atoms. The number of esters is 1. The number of amides is 3. The number of likely N-dealkylation sites (tertiary alicyclic amines) is 1. The first kappa shape index (κ1) is 43.0. The smallest absolute Gasteiger partial charge is 0.410 e. The number of thioether (sulfide) groups is 2. The van der Waals surface area contributed by atoms with Crippen LogP contribution in [0.1, 0.15) is 68.7 Å². The zero-order valence-electron chi connectivity index (χ0n) is 33.3. The number of nitrogen functional groups attached to an aromatic ring is 1. The number of benzene rings is 2. The van der Waals surface area contributed by atoms with Crippen LogP contribution in [0.5, 0.6) is 0 Å². The van der Waals surface area contributed by atoms with E-state index in [0.29, 0.717) is 36.6 Å². The van der Waals surface area contributed by atoms with Crippen LogP contribution in [-0.2, 0) is 34.4 Å². The van der Waals surface area contributed by atoms with E-state index in [2.05, 4.69) is 15.5 Å². The molecule has 2 aromatic carbocycles. The molecule has 2 aromatic heterocycles. The number of nitrogens with two attached hydrogens (primary N) is 1. The lowest BCUT2D eigenvalue weighted by Crippen LogP contribution is -2.72. The van der Waals surface area contributed by atoms with Crippen LogP contribution in [0.3, 0.4) is 0 Å². The molecule has 1 unspecified atom stereocenters. The normalized spacial score (nSPS) is 19.2. The number of anilines is 1. The maximum absolute atomic E-state index is 14.7. The molecule has 0 spiro atoms. The first-order valence-electron chi connectivity index (χ1n) is 19.2. The molecule has 3 N–H and O–H groups in total. The van der Waals surface area contributed by atoms with Crippen molar-refractivity contribution in [3.05, 3.63) is 116 Å². The van der Waals surface area contributed by atoms with Crippen LogP contribution < -0.4 is 11.1 Å². The monoisotopic (exact) mass is 889 g/mol. The number of ether oxygens (including phenoxy) is 2. The van der Waals surface area contributed by atoms with E-state index in [0.717, 1.165) is 39.5 Å². The predicted octanol–water partition coefficient (Wildman–Crippen LogP) is 7.19. The Hall–Kier alpha value is -5.10. The number of oxime groups is 1. The number of thiazole rings is 1. The van der Waals surface area contributed by atoms with E-state index in [1.54, 1.807) is 22.9 Å². The fourth-order valence-electron chi connectivity index (χ4n) is 7.13. The Kier molecular flexibility index (Phi) is 13.4. The van der Waals surface area contributed by atoms with Crippen molar-refractivity contribution in [1.29, 1.82) is 0 Å². The summed E-state index contributed by atoms with van der Waals surface area (Å²) in [6, 6.07) is 21.0. The number of fused-ring (bicyclic) bond motifs is 1. The van der Waals surface area contributed by atoms with Crippen molar-refractivity contribution in [3.8, 4) is 0 Å². The number of carbonyl (C=O) groups excluding carboxylic acids is 4. The summed E-state index contributed by atoms with van der Waals surface area (Å²) in [6.07, 6.45) is 2.30. The molecule has 4 aromatic rings. The van der Waals surface area contributed by atoms with Crippen LogP contribution in [0.15, 0.2) is 99.6 Å². The minimum absolute atomic E-state index is 0.0280. The van der Waals surface area contributed by atoms with Gasteiger partial charge in [-0.05, 0) is 63.3 Å². The molecule has 0 bridgehead atoms. The first-order chi connectivity index (χ1) is 28.8. The molecular weight excluding hydrogens is 846 g/mol. The summed E-state index contributed by atoms with van der Waals surface area (Å²) in [5.74, 6) is -1.35. The Bertz CT molecular complexity index is 2270. The van der Waals surface area contributed by atoms with E-state index in [4.69, 9.17) is 36.6 Å². The zero-order valence-corrected chi connectivity index (χ0v) is 36.5. The molecule has 314 valence electrons. The summed E-state index contributed by atoms with van der Waals surface area (Å²) < 4.78 is 12.1. The minimum Gasteiger partial charge on any atom is -0.448 e. The molecule has 0 aliphatic carbocycles. The van der Waals surface area contributed by atoms with Crippen molar-refractivity contribution in [3.63, 3.8) is 0 Å². The van der Waals surface area contributed by atoms with Gasteiger partial charge in [0.15, 0.2) is 16.9 Å². The van der Waals surface area contributed by atoms with Gasteiger partial charge in [-0.1, -0.05) is 101 Å². The minimum atomic E-state index is -0.986. The maximum Gasteiger partial charge on any atom is 0.410 e. The lowest BCUT2D eigenvalue weighted by Gasteiger charge is -2.50. The third kappa shape index (κ3) is 9.75. The summed E-state index contributed by atoms with van der Waals surface area (Å²) in [6.45, 7) is 6.74. The van der Waals surface area contributed by atoms with Gasteiger partial charge in [0, 0.05) is 40.1 Å². The molecule has 2 fully saturated rings. The molecular formula is C42H44ClN7O7S3. The van der Waals surface area contributed by atoms with Gasteiger partial charge >= 0.3 is 12.1 Å². The van der Waals surface area contributed by atoms with Gasteiger partial charge < -0.3 is 30.3 Å². The number of pyridine rings is 1. The third-order valence-electron chi connectivity index (χ3n) is 9.86. The summed E-state index contributed by atoms with van der Waals surface area (Å²) in [4.78, 5) is 73.6. The second kappa shape index (κ2) is 18.7. The number of halogens is 1. The Morgan fingerprint density at radius 2 is 1.75 bits per heavy atom. The van der Waals surface area contributed by atoms with Crippen molar-refractivity contribution in [2.75, 3.05) is 25.9 Å². The highest BCUT2D eigenvalue weighted by atomic mass is 35.5. The SMILES string of the molecule is CON=C(C(=O)N[C@@H]1C(=O)N2C(C(=O)OC(c3ccccc3)c3ccccc3)=C(Sc3cccnc3CSC3CCN(C(=O)OC(C)(C)C)C3)CC[C@H]12)c1nc(N)sc1Cl. The van der Waals surface area contributed by atoms with Gasteiger partial charge in [0.05, 0.1) is 11.7 Å². The van der Waals surface area contributed by atoms with Crippen molar-refractivity contribution < 1.29 is 33.5 Å². The van der Waals surface area contributed by atoms with E-state index >= 15 is 0 Å². The number of aromatic nitrogens is 2. The first-order valence-corrected chi connectivity index (χ1v) is 22.3. The Balaban J connectivity index is 1.15. The lowest BCUT2D eigenvalue weighted by atomic mass is 9.86. The second-order valence-corrected chi connectivity index (χ2v) is 19.2. The van der Waals surface area contributed by atoms with Gasteiger partial charge in [0.2, 0.25) is 0 Å². The molecule has 0 saturated carbocycles. The number of rotatable bonds is 13. The predicted molar refractivity (Wildman–Crippen MR) is 232 cm³/mol. The molecule has 18 heteroatoms. The van der Waals surface area contributed by atoms with Crippen molar-refractivity contribution in [2.45, 2.75) is 79.7 Å². The quantitative estimate of drug-likeness (QED) is 0.0599. The molecule has 7 rings (SSSR count). The van der Waals surface area contributed by atoms with E-state index < -0.39 is 41.6 Å². The fraction of sp³-hybridized carbons (Fsp3) is 0.357. The average Bonchev–Trinajstić information content (AvgIpc) is 3.85. The van der Waals surface area contributed by atoms with Gasteiger partial charge in [-0.15, -0.1) is 0 Å². The van der Waals surface area contributed by atoms with Crippen LogP contribution in [0.25, 0.3) is 0 Å². The van der Waals surface area contributed by atoms with Gasteiger partial charge in [-0.3, -0.25) is 19.5 Å². The van der Waals surface area contributed by atoms with Gasteiger partial charge in [-0.25, -0.2) is 14.6 Å². The number of hydrogen-bond donors (Lipinski definition) is 2. The number of nitrogens with zero attached hydrogens (tertiary/aromatic N) is 5. The van der Waals surface area contributed by atoms with Crippen molar-refractivity contribution in [2.24, 2.45) is 5.16 Å².